The Labute approximate surface area is 191 Å². The second-order valence-electron chi connectivity index (χ2n) is 8.14. The minimum Gasteiger partial charge on any atom is -0.497 e. The molecule has 0 saturated heterocycles. The van der Waals surface area contributed by atoms with Gasteiger partial charge in [0.25, 0.3) is 0 Å². The summed E-state index contributed by atoms with van der Waals surface area (Å²) >= 11 is 0. The topological polar surface area (TPSA) is 42.1 Å². The van der Waals surface area contributed by atoms with Crippen molar-refractivity contribution in [1.29, 1.82) is 0 Å². The molecule has 0 amide bonds. The molecule has 0 aliphatic heterocycles. The van der Waals surface area contributed by atoms with E-state index in [9.17, 15) is 4.79 Å². The van der Waals surface area contributed by atoms with Gasteiger partial charge in [-0.1, -0.05) is 72.8 Å². The average molecular weight is 428 g/mol. The van der Waals surface area contributed by atoms with Gasteiger partial charge in [-0.05, 0) is 52.2 Å². The fourth-order valence-corrected chi connectivity index (χ4v) is 4.80. The van der Waals surface area contributed by atoms with Gasteiger partial charge < -0.3 is 9.72 Å². The molecule has 1 aromatic heterocycles. The molecular weight excluding hydrogens is 406 g/mol. The number of methoxy groups -OCH3 is 1. The van der Waals surface area contributed by atoms with Crippen LogP contribution in [-0.2, 0) is 0 Å². The molecular formula is C30H21NO2. The van der Waals surface area contributed by atoms with Crippen LogP contribution < -0.4 is 4.74 Å². The maximum Gasteiger partial charge on any atom is 0.195 e. The first-order valence-electron chi connectivity index (χ1n) is 11.0. The summed E-state index contributed by atoms with van der Waals surface area (Å²) in [4.78, 5) is 17.5. The number of H-pyrrole nitrogens is 1. The van der Waals surface area contributed by atoms with Crippen LogP contribution >= 0.6 is 0 Å². The van der Waals surface area contributed by atoms with Crippen LogP contribution in [0.4, 0.5) is 0 Å². The van der Waals surface area contributed by atoms with E-state index in [0.717, 1.165) is 49.5 Å². The van der Waals surface area contributed by atoms with Gasteiger partial charge in [-0.15, -0.1) is 0 Å². The lowest BCUT2D eigenvalue weighted by Crippen LogP contribution is -2.04. The van der Waals surface area contributed by atoms with Crippen molar-refractivity contribution in [3.63, 3.8) is 0 Å². The summed E-state index contributed by atoms with van der Waals surface area (Å²) in [7, 11) is 1.63. The molecule has 0 aliphatic carbocycles. The summed E-state index contributed by atoms with van der Waals surface area (Å²) in [6.45, 7) is 0. The summed E-state index contributed by atoms with van der Waals surface area (Å²) in [6, 6.07) is 34.2. The minimum absolute atomic E-state index is 0.00924. The van der Waals surface area contributed by atoms with Gasteiger partial charge in [-0.25, -0.2) is 0 Å². The molecule has 0 aliphatic rings. The Hall–Kier alpha value is -4.37. The normalized spacial score (nSPS) is 11.3. The number of fused-ring (bicyclic) bond motifs is 4. The zero-order valence-electron chi connectivity index (χ0n) is 18.1. The van der Waals surface area contributed by atoms with Crippen molar-refractivity contribution >= 4 is 38.4 Å². The molecule has 1 N–H and O–H groups in total. The first-order valence-corrected chi connectivity index (χ1v) is 11.0. The third kappa shape index (κ3) is 3.01. The predicted octanol–water partition coefficient (Wildman–Crippen LogP) is 7.38. The molecule has 0 spiro atoms. The maximum atomic E-state index is 13.9. The number of para-hydroxylation sites is 1. The highest BCUT2D eigenvalue weighted by Gasteiger charge is 2.23. The van der Waals surface area contributed by atoms with E-state index in [1.54, 1.807) is 7.11 Å². The van der Waals surface area contributed by atoms with Gasteiger partial charge >= 0.3 is 0 Å². The largest absolute Gasteiger partial charge is 0.497 e. The molecule has 0 atom stereocenters. The molecule has 0 unspecified atom stereocenters. The number of carbonyl (C=O) groups is 1. The Bertz CT molecular complexity index is 1640. The highest BCUT2D eigenvalue weighted by atomic mass is 16.5. The van der Waals surface area contributed by atoms with Crippen LogP contribution in [0.2, 0.25) is 0 Å². The van der Waals surface area contributed by atoms with Crippen LogP contribution in [0, 0.1) is 0 Å². The minimum atomic E-state index is -0.00924. The number of hydrogen-bond donors (Lipinski definition) is 1. The number of aromatic nitrogens is 1. The second kappa shape index (κ2) is 7.64. The van der Waals surface area contributed by atoms with Crippen molar-refractivity contribution in [2.24, 2.45) is 0 Å². The molecule has 0 fully saturated rings. The van der Waals surface area contributed by atoms with Gasteiger partial charge in [0.2, 0.25) is 0 Å². The van der Waals surface area contributed by atoms with Crippen LogP contribution in [0.15, 0.2) is 103 Å². The van der Waals surface area contributed by atoms with Crippen molar-refractivity contribution in [3.05, 3.63) is 114 Å². The van der Waals surface area contributed by atoms with E-state index in [2.05, 4.69) is 47.4 Å². The van der Waals surface area contributed by atoms with Gasteiger partial charge in [0.05, 0.1) is 18.2 Å². The van der Waals surface area contributed by atoms with Crippen molar-refractivity contribution in [1.82, 2.24) is 4.98 Å². The maximum absolute atomic E-state index is 13.9. The van der Waals surface area contributed by atoms with E-state index in [0.29, 0.717) is 11.1 Å². The van der Waals surface area contributed by atoms with Gasteiger partial charge in [0.1, 0.15) is 5.75 Å². The van der Waals surface area contributed by atoms with Crippen molar-refractivity contribution in [2.75, 3.05) is 7.11 Å². The number of ketones is 1. The third-order valence-corrected chi connectivity index (χ3v) is 6.31. The molecule has 158 valence electrons. The quantitative estimate of drug-likeness (QED) is 0.298. The number of nitrogens with one attached hydrogen (secondary N) is 1. The highest BCUT2D eigenvalue weighted by molar-refractivity contribution is 6.32. The third-order valence-electron chi connectivity index (χ3n) is 6.31. The van der Waals surface area contributed by atoms with Crippen LogP contribution in [-0.4, -0.2) is 17.9 Å². The molecule has 0 bridgehead atoms. The SMILES string of the molecule is COc1ccc(C(=O)c2c3ccccc3c(-c3ccccc3)c3c2[nH]c2ccccc23)cc1. The summed E-state index contributed by atoms with van der Waals surface area (Å²) < 4.78 is 5.28. The Kier molecular flexibility index (Phi) is 4.48. The van der Waals surface area contributed by atoms with Gasteiger partial charge in [-0.3, -0.25) is 4.79 Å². The monoisotopic (exact) mass is 427 g/mol. The molecule has 3 heteroatoms. The van der Waals surface area contributed by atoms with Crippen LogP contribution in [0.3, 0.4) is 0 Å². The molecule has 6 rings (SSSR count). The fourth-order valence-electron chi connectivity index (χ4n) is 4.80. The van der Waals surface area contributed by atoms with Gasteiger partial charge in [0.15, 0.2) is 5.78 Å². The fraction of sp³-hybridized carbons (Fsp3) is 0.0333. The van der Waals surface area contributed by atoms with Crippen LogP contribution in [0.1, 0.15) is 15.9 Å². The average Bonchev–Trinajstić information content (AvgIpc) is 3.26. The molecule has 0 saturated carbocycles. The van der Waals surface area contributed by atoms with E-state index in [1.165, 1.54) is 0 Å². The van der Waals surface area contributed by atoms with E-state index in [1.807, 2.05) is 60.7 Å². The highest BCUT2D eigenvalue weighted by Crippen LogP contribution is 2.43. The Morgan fingerprint density at radius 3 is 2.06 bits per heavy atom. The van der Waals surface area contributed by atoms with E-state index in [4.69, 9.17) is 4.74 Å². The number of carbonyl (C=O) groups excluding carboxylic acids is 1. The Balaban J connectivity index is 1.77. The lowest BCUT2D eigenvalue weighted by molar-refractivity contribution is 0.104. The summed E-state index contributed by atoms with van der Waals surface area (Å²) in [5.41, 5.74) is 5.49. The second-order valence-corrected chi connectivity index (χ2v) is 8.14. The first kappa shape index (κ1) is 19.3. The summed E-state index contributed by atoms with van der Waals surface area (Å²) in [6.07, 6.45) is 0. The van der Waals surface area contributed by atoms with E-state index in [-0.39, 0.29) is 5.78 Å². The van der Waals surface area contributed by atoms with Crippen molar-refractivity contribution in [2.45, 2.75) is 0 Å². The Morgan fingerprint density at radius 1 is 0.697 bits per heavy atom. The van der Waals surface area contributed by atoms with Crippen molar-refractivity contribution < 1.29 is 9.53 Å². The lowest BCUT2D eigenvalue weighted by atomic mass is 9.88. The summed E-state index contributed by atoms with van der Waals surface area (Å²) in [5.74, 6) is 0.719. The standard InChI is InChI=1S/C30H21NO2/c1-33-21-17-15-20(16-18-21)30(32)28-23-12-6-5-11-22(23)26(19-9-3-2-4-10-19)27-24-13-7-8-14-25(24)31-29(27)28/h2-18,31H,1H3. The van der Waals surface area contributed by atoms with E-state index < -0.39 is 0 Å². The number of rotatable bonds is 4. The van der Waals surface area contributed by atoms with Gasteiger partial charge in [0, 0.05) is 21.9 Å². The zero-order chi connectivity index (χ0) is 22.4. The molecule has 0 radical (unpaired) electrons. The molecule has 6 aromatic rings. The number of hydrogen-bond acceptors (Lipinski definition) is 2. The van der Waals surface area contributed by atoms with Crippen molar-refractivity contribution in [3.8, 4) is 16.9 Å². The molecule has 3 nitrogen and oxygen atoms in total. The molecule has 1 heterocycles. The smallest absolute Gasteiger partial charge is 0.195 e. The van der Waals surface area contributed by atoms with Gasteiger partial charge in [-0.2, -0.15) is 0 Å². The first-order chi connectivity index (χ1) is 16.3. The number of benzene rings is 5. The predicted molar refractivity (Wildman–Crippen MR) is 135 cm³/mol. The molecule has 33 heavy (non-hydrogen) atoms. The molecule has 5 aromatic carbocycles. The number of ether oxygens (including phenoxy) is 1. The summed E-state index contributed by atoms with van der Waals surface area (Å²) in [5, 5.41) is 4.20. The van der Waals surface area contributed by atoms with Crippen LogP contribution in [0.5, 0.6) is 5.75 Å². The van der Waals surface area contributed by atoms with E-state index >= 15 is 0 Å². The lowest BCUT2D eigenvalue weighted by Gasteiger charge is -2.15. The van der Waals surface area contributed by atoms with Crippen LogP contribution in [0.25, 0.3) is 43.7 Å². The zero-order valence-corrected chi connectivity index (χ0v) is 18.1. The Morgan fingerprint density at radius 2 is 1.33 bits per heavy atom. The number of aromatic amines is 1.